The Morgan fingerprint density at radius 3 is 2.74 bits per heavy atom. The number of nitrogens with zero attached hydrogens (tertiary/aromatic N) is 2. The fourth-order valence-electron chi connectivity index (χ4n) is 2.02. The first-order valence-corrected chi connectivity index (χ1v) is 7.31. The third-order valence-corrected chi connectivity index (χ3v) is 4.61. The number of methoxy groups -OCH3 is 1. The topological polar surface area (TPSA) is 104 Å². The number of hydrogen-bond acceptors (Lipinski definition) is 5. The minimum absolute atomic E-state index is 0.217. The van der Waals surface area contributed by atoms with Crippen LogP contribution in [0.2, 0.25) is 0 Å². The molecular formula is C10H16N4O4S. The van der Waals surface area contributed by atoms with Gasteiger partial charge in [0, 0.05) is 19.3 Å². The smallest absolute Gasteiger partial charge is 0.308 e. The van der Waals surface area contributed by atoms with E-state index in [-0.39, 0.29) is 11.9 Å². The van der Waals surface area contributed by atoms with E-state index in [2.05, 4.69) is 19.7 Å². The highest BCUT2D eigenvalue weighted by Gasteiger charge is 2.31. The lowest BCUT2D eigenvalue weighted by Gasteiger charge is -2.29. The van der Waals surface area contributed by atoms with E-state index in [0.717, 1.165) is 0 Å². The van der Waals surface area contributed by atoms with Crippen molar-refractivity contribution in [2.75, 3.05) is 24.9 Å². The van der Waals surface area contributed by atoms with Gasteiger partial charge >= 0.3 is 16.2 Å². The SMILES string of the molecule is COC(=O)C1CCN(S(=O)(=O)Nc2cn[nH]c2)CC1. The third kappa shape index (κ3) is 3.24. The van der Waals surface area contributed by atoms with Gasteiger partial charge in [-0.2, -0.15) is 17.8 Å². The first-order chi connectivity index (χ1) is 9.03. The molecule has 0 amide bonds. The molecule has 1 aliphatic heterocycles. The van der Waals surface area contributed by atoms with Gasteiger partial charge in [-0.15, -0.1) is 0 Å². The second kappa shape index (κ2) is 5.57. The zero-order chi connectivity index (χ0) is 13.9. The summed E-state index contributed by atoms with van der Waals surface area (Å²) in [6.45, 7) is 0.597. The number of hydrogen-bond donors (Lipinski definition) is 2. The van der Waals surface area contributed by atoms with Crippen molar-refractivity contribution in [2.24, 2.45) is 5.92 Å². The summed E-state index contributed by atoms with van der Waals surface area (Å²) in [5, 5.41) is 6.19. The summed E-state index contributed by atoms with van der Waals surface area (Å²) in [5.74, 6) is -0.495. The molecule has 0 atom stereocenters. The van der Waals surface area contributed by atoms with Crippen LogP contribution in [-0.4, -0.2) is 49.1 Å². The fourth-order valence-corrected chi connectivity index (χ4v) is 3.25. The summed E-state index contributed by atoms with van der Waals surface area (Å²) >= 11 is 0. The molecule has 0 unspecified atom stereocenters. The predicted molar refractivity (Wildman–Crippen MR) is 67.4 cm³/mol. The maximum atomic E-state index is 12.1. The van der Waals surface area contributed by atoms with Crippen LogP contribution in [0.25, 0.3) is 0 Å². The van der Waals surface area contributed by atoms with Gasteiger partial charge in [-0.1, -0.05) is 0 Å². The Hall–Kier alpha value is -1.61. The summed E-state index contributed by atoms with van der Waals surface area (Å²) in [6, 6.07) is 0. The number of anilines is 1. The number of carbonyl (C=O) groups is 1. The van der Waals surface area contributed by atoms with E-state index in [1.165, 1.54) is 23.8 Å². The van der Waals surface area contributed by atoms with Gasteiger partial charge in [0.1, 0.15) is 0 Å². The van der Waals surface area contributed by atoms with Gasteiger partial charge in [0.15, 0.2) is 0 Å². The van der Waals surface area contributed by atoms with Gasteiger partial charge in [0.2, 0.25) is 0 Å². The Morgan fingerprint density at radius 1 is 1.53 bits per heavy atom. The molecule has 2 heterocycles. The first-order valence-electron chi connectivity index (χ1n) is 5.87. The molecule has 1 aromatic heterocycles. The number of esters is 1. The summed E-state index contributed by atoms with van der Waals surface area (Å²) in [7, 11) is -2.25. The number of nitrogens with one attached hydrogen (secondary N) is 2. The van der Waals surface area contributed by atoms with Gasteiger partial charge in [0.25, 0.3) is 0 Å². The van der Waals surface area contributed by atoms with E-state index in [1.54, 1.807) is 0 Å². The van der Waals surface area contributed by atoms with Crippen molar-refractivity contribution in [3.05, 3.63) is 12.4 Å². The van der Waals surface area contributed by atoms with E-state index in [9.17, 15) is 13.2 Å². The molecular weight excluding hydrogens is 272 g/mol. The van der Waals surface area contributed by atoms with Crippen LogP contribution in [0, 0.1) is 5.92 Å². The molecule has 0 aromatic carbocycles. The van der Waals surface area contributed by atoms with Crippen molar-refractivity contribution in [1.82, 2.24) is 14.5 Å². The van der Waals surface area contributed by atoms with Gasteiger partial charge in [-0.3, -0.25) is 14.6 Å². The maximum absolute atomic E-state index is 12.1. The van der Waals surface area contributed by atoms with Crippen LogP contribution in [0.4, 0.5) is 5.69 Å². The van der Waals surface area contributed by atoms with E-state index in [1.807, 2.05) is 0 Å². The molecule has 0 bridgehead atoms. The number of H-pyrrole nitrogens is 1. The van der Waals surface area contributed by atoms with Crippen LogP contribution in [0.5, 0.6) is 0 Å². The minimum atomic E-state index is -3.59. The average molecular weight is 288 g/mol. The van der Waals surface area contributed by atoms with Gasteiger partial charge in [-0.05, 0) is 12.8 Å². The second-order valence-corrected chi connectivity index (χ2v) is 5.96. The highest BCUT2D eigenvalue weighted by molar-refractivity contribution is 7.90. The Bertz CT molecular complexity index is 520. The molecule has 0 aliphatic carbocycles. The summed E-state index contributed by atoms with van der Waals surface area (Å²) in [5.41, 5.74) is 0.384. The summed E-state index contributed by atoms with van der Waals surface area (Å²) in [4.78, 5) is 11.4. The summed E-state index contributed by atoms with van der Waals surface area (Å²) < 4.78 is 32.5. The Labute approximate surface area is 111 Å². The lowest BCUT2D eigenvalue weighted by atomic mass is 9.99. The highest BCUT2D eigenvalue weighted by Crippen LogP contribution is 2.21. The number of aromatic nitrogens is 2. The van der Waals surface area contributed by atoms with Crippen LogP contribution < -0.4 is 4.72 Å². The molecule has 1 saturated heterocycles. The van der Waals surface area contributed by atoms with Crippen LogP contribution in [-0.2, 0) is 19.7 Å². The monoisotopic (exact) mass is 288 g/mol. The van der Waals surface area contributed by atoms with E-state index < -0.39 is 10.2 Å². The van der Waals surface area contributed by atoms with Crippen LogP contribution >= 0.6 is 0 Å². The van der Waals surface area contributed by atoms with Crippen molar-refractivity contribution >= 4 is 21.9 Å². The van der Waals surface area contributed by atoms with Crippen LogP contribution in [0.1, 0.15) is 12.8 Å². The van der Waals surface area contributed by atoms with Crippen molar-refractivity contribution < 1.29 is 17.9 Å². The Balaban J connectivity index is 1.95. The lowest BCUT2D eigenvalue weighted by molar-refractivity contribution is -0.146. The molecule has 106 valence electrons. The number of aromatic amines is 1. The van der Waals surface area contributed by atoms with Gasteiger partial charge in [0.05, 0.1) is 24.9 Å². The Morgan fingerprint density at radius 2 is 2.21 bits per heavy atom. The van der Waals surface area contributed by atoms with Crippen molar-refractivity contribution in [1.29, 1.82) is 0 Å². The largest absolute Gasteiger partial charge is 0.469 e. The summed E-state index contributed by atoms with van der Waals surface area (Å²) in [6.07, 6.45) is 3.79. The standard InChI is InChI=1S/C10H16N4O4S/c1-18-10(15)8-2-4-14(5-3-8)19(16,17)13-9-6-11-12-7-9/h6-8,13H,2-5H2,1H3,(H,11,12). The van der Waals surface area contributed by atoms with E-state index in [0.29, 0.717) is 31.6 Å². The fraction of sp³-hybridized carbons (Fsp3) is 0.600. The van der Waals surface area contributed by atoms with E-state index >= 15 is 0 Å². The molecule has 2 rings (SSSR count). The molecule has 9 heteroatoms. The molecule has 2 N–H and O–H groups in total. The first kappa shape index (κ1) is 13.8. The van der Waals surface area contributed by atoms with Crippen molar-refractivity contribution in [3.63, 3.8) is 0 Å². The molecule has 1 fully saturated rings. The Kier molecular flexibility index (Phi) is 4.05. The number of piperidine rings is 1. The quantitative estimate of drug-likeness (QED) is 0.756. The average Bonchev–Trinajstić information content (AvgIpc) is 2.90. The molecule has 0 radical (unpaired) electrons. The van der Waals surface area contributed by atoms with Crippen molar-refractivity contribution in [2.45, 2.75) is 12.8 Å². The third-order valence-electron chi connectivity index (χ3n) is 3.07. The molecule has 8 nitrogen and oxygen atoms in total. The zero-order valence-electron chi connectivity index (χ0n) is 10.5. The van der Waals surface area contributed by atoms with Gasteiger partial charge < -0.3 is 4.74 Å². The highest BCUT2D eigenvalue weighted by atomic mass is 32.2. The maximum Gasteiger partial charge on any atom is 0.308 e. The minimum Gasteiger partial charge on any atom is -0.469 e. The van der Waals surface area contributed by atoms with Crippen LogP contribution in [0.15, 0.2) is 12.4 Å². The molecule has 0 saturated carbocycles. The van der Waals surface area contributed by atoms with Crippen LogP contribution in [0.3, 0.4) is 0 Å². The number of carbonyl (C=O) groups excluding carboxylic acids is 1. The molecule has 0 spiro atoms. The predicted octanol–water partition coefficient (Wildman–Crippen LogP) is -0.0486. The van der Waals surface area contributed by atoms with Crippen molar-refractivity contribution in [3.8, 4) is 0 Å². The zero-order valence-corrected chi connectivity index (χ0v) is 11.3. The number of rotatable bonds is 4. The lowest BCUT2D eigenvalue weighted by Crippen LogP contribution is -2.43. The second-order valence-electron chi connectivity index (χ2n) is 4.29. The normalized spacial score (nSPS) is 18.2. The number of ether oxygens (including phenoxy) is 1. The molecule has 1 aromatic rings. The molecule has 1 aliphatic rings. The van der Waals surface area contributed by atoms with E-state index in [4.69, 9.17) is 0 Å². The van der Waals surface area contributed by atoms with Gasteiger partial charge in [-0.25, -0.2) is 0 Å². The molecule has 19 heavy (non-hydrogen) atoms.